The number of nitrogens with one attached hydrogen (secondary N) is 1. The molecule has 140 valence electrons. The summed E-state index contributed by atoms with van der Waals surface area (Å²) in [4.78, 5) is 16.5. The van der Waals surface area contributed by atoms with Crippen LogP contribution >= 0.6 is 50.5 Å². The van der Waals surface area contributed by atoms with Crippen molar-refractivity contribution < 1.29 is 14.3 Å². The Bertz CT molecular complexity index is 981. The lowest BCUT2D eigenvalue weighted by Gasteiger charge is -2.07. The van der Waals surface area contributed by atoms with Gasteiger partial charge in [0.15, 0.2) is 11.7 Å². The van der Waals surface area contributed by atoms with E-state index in [2.05, 4.69) is 26.2 Å². The van der Waals surface area contributed by atoms with Gasteiger partial charge in [-0.1, -0.05) is 23.2 Å². The van der Waals surface area contributed by atoms with Crippen LogP contribution in [0.3, 0.4) is 0 Å². The number of rotatable bonds is 6. The summed E-state index contributed by atoms with van der Waals surface area (Å²) in [6.07, 6.45) is 0. The topological polar surface area (TPSA) is 60.5 Å². The Balaban J connectivity index is 1.61. The molecule has 1 N–H and O–H groups in total. The van der Waals surface area contributed by atoms with Gasteiger partial charge in [0, 0.05) is 16.0 Å². The number of aromatic nitrogens is 1. The van der Waals surface area contributed by atoms with E-state index in [0.717, 1.165) is 21.5 Å². The Hall–Kier alpha value is -1.80. The molecule has 1 aromatic heterocycles. The first-order valence-corrected chi connectivity index (χ1v) is 10.1. The van der Waals surface area contributed by atoms with Crippen LogP contribution in [0.5, 0.6) is 11.5 Å². The van der Waals surface area contributed by atoms with Crippen LogP contribution in [-0.4, -0.2) is 24.6 Å². The van der Waals surface area contributed by atoms with Gasteiger partial charge in [0.2, 0.25) is 0 Å². The van der Waals surface area contributed by atoms with Gasteiger partial charge in [-0.3, -0.25) is 10.1 Å². The highest BCUT2D eigenvalue weighted by Gasteiger charge is 2.11. The lowest BCUT2D eigenvalue weighted by atomic mass is 10.2. The molecule has 27 heavy (non-hydrogen) atoms. The van der Waals surface area contributed by atoms with Crippen molar-refractivity contribution in [1.82, 2.24) is 4.98 Å². The molecule has 0 spiro atoms. The molecular weight excluding hydrogens is 475 g/mol. The second-order valence-electron chi connectivity index (χ2n) is 5.30. The van der Waals surface area contributed by atoms with E-state index in [1.54, 1.807) is 25.3 Å². The zero-order valence-corrected chi connectivity index (χ0v) is 17.9. The zero-order chi connectivity index (χ0) is 19.4. The summed E-state index contributed by atoms with van der Waals surface area (Å²) in [6, 6.07) is 10.5. The van der Waals surface area contributed by atoms with Crippen LogP contribution in [0, 0.1) is 0 Å². The maximum absolute atomic E-state index is 12.1. The van der Waals surface area contributed by atoms with E-state index >= 15 is 0 Å². The number of ether oxygens (including phenoxy) is 2. The largest absolute Gasteiger partial charge is 0.496 e. The van der Waals surface area contributed by atoms with Crippen LogP contribution in [0.25, 0.3) is 11.3 Å². The first-order valence-electron chi connectivity index (χ1n) is 7.63. The van der Waals surface area contributed by atoms with Gasteiger partial charge in [-0.25, -0.2) is 4.98 Å². The minimum absolute atomic E-state index is 0.190. The third-order valence-corrected chi connectivity index (χ3v) is 5.36. The zero-order valence-electron chi connectivity index (χ0n) is 14.0. The number of carbonyl (C=O) groups excluding carboxylic acids is 1. The fraction of sp³-hybridized carbons (Fsp3) is 0.111. The lowest BCUT2D eigenvalue weighted by molar-refractivity contribution is -0.118. The maximum atomic E-state index is 12.1. The molecule has 1 heterocycles. The minimum atomic E-state index is -0.335. The molecule has 0 fully saturated rings. The standard InChI is InChI=1S/C18H13BrCl2N2O3S/c1-25-15-4-2-10(6-12(15)19)14-9-27-18(22-14)23-17(24)8-26-16-5-3-11(20)7-13(16)21/h2-7,9H,8H2,1H3,(H,22,23,24). The third kappa shape index (κ3) is 5.13. The van der Waals surface area contributed by atoms with Crippen LogP contribution < -0.4 is 14.8 Å². The molecule has 3 aromatic rings. The summed E-state index contributed by atoms with van der Waals surface area (Å²) in [7, 11) is 1.61. The number of benzene rings is 2. The smallest absolute Gasteiger partial charge is 0.264 e. The van der Waals surface area contributed by atoms with Crippen LogP contribution in [0.4, 0.5) is 5.13 Å². The fourth-order valence-corrected chi connectivity index (χ4v) is 3.92. The molecule has 1 amide bonds. The van der Waals surface area contributed by atoms with E-state index < -0.39 is 0 Å². The van der Waals surface area contributed by atoms with Gasteiger partial charge in [-0.2, -0.15) is 0 Å². The predicted molar refractivity (Wildman–Crippen MR) is 112 cm³/mol. The van der Waals surface area contributed by atoms with E-state index in [4.69, 9.17) is 32.7 Å². The van der Waals surface area contributed by atoms with Gasteiger partial charge in [0.05, 0.1) is 22.3 Å². The quantitative estimate of drug-likeness (QED) is 0.469. The molecule has 2 aromatic carbocycles. The van der Waals surface area contributed by atoms with Crippen molar-refractivity contribution >= 4 is 61.5 Å². The highest BCUT2D eigenvalue weighted by molar-refractivity contribution is 9.10. The average Bonchev–Trinajstić information content (AvgIpc) is 3.09. The number of halogens is 3. The van der Waals surface area contributed by atoms with Crippen LogP contribution in [-0.2, 0) is 4.79 Å². The third-order valence-electron chi connectivity index (χ3n) is 3.45. The minimum Gasteiger partial charge on any atom is -0.496 e. The Kier molecular flexibility index (Phi) is 6.59. The Morgan fingerprint density at radius 2 is 2.00 bits per heavy atom. The molecule has 0 radical (unpaired) electrons. The number of carbonyl (C=O) groups is 1. The number of amides is 1. The molecule has 0 aliphatic carbocycles. The average molecular weight is 488 g/mol. The number of methoxy groups -OCH3 is 1. The lowest BCUT2D eigenvalue weighted by Crippen LogP contribution is -2.20. The Morgan fingerprint density at radius 1 is 1.22 bits per heavy atom. The predicted octanol–water partition coefficient (Wildman–Crippen LogP) is 5.91. The van der Waals surface area contributed by atoms with Crippen molar-refractivity contribution in [2.75, 3.05) is 19.0 Å². The van der Waals surface area contributed by atoms with Crippen LogP contribution in [0.15, 0.2) is 46.3 Å². The number of hydrogen-bond acceptors (Lipinski definition) is 5. The van der Waals surface area contributed by atoms with E-state index in [1.807, 2.05) is 23.6 Å². The molecule has 5 nitrogen and oxygen atoms in total. The van der Waals surface area contributed by atoms with Crippen molar-refractivity contribution in [3.8, 4) is 22.8 Å². The van der Waals surface area contributed by atoms with Gasteiger partial charge in [0.25, 0.3) is 5.91 Å². The Morgan fingerprint density at radius 3 is 2.70 bits per heavy atom. The summed E-state index contributed by atoms with van der Waals surface area (Å²) < 4.78 is 11.5. The molecule has 0 unspecified atom stereocenters. The molecule has 0 saturated heterocycles. The van der Waals surface area contributed by atoms with Gasteiger partial charge in [-0.05, 0) is 52.3 Å². The summed E-state index contributed by atoms with van der Waals surface area (Å²) in [5.74, 6) is 0.789. The molecule has 0 bridgehead atoms. The highest BCUT2D eigenvalue weighted by Crippen LogP contribution is 2.32. The van der Waals surface area contributed by atoms with Crippen molar-refractivity contribution in [2.24, 2.45) is 0 Å². The van der Waals surface area contributed by atoms with Crippen molar-refractivity contribution in [3.63, 3.8) is 0 Å². The fourth-order valence-electron chi connectivity index (χ4n) is 2.18. The van der Waals surface area contributed by atoms with E-state index in [0.29, 0.717) is 20.9 Å². The van der Waals surface area contributed by atoms with Gasteiger partial charge in [-0.15, -0.1) is 11.3 Å². The summed E-state index contributed by atoms with van der Waals surface area (Å²) >= 11 is 16.6. The molecule has 0 atom stereocenters. The van der Waals surface area contributed by atoms with Gasteiger partial charge < -0.3 is 9.47 Å². The molecule has 0 saturated carbocycles. The second-order valence-corrected chi connectivity index (χ2v) is 7.85. The number of thiazole rings is 1. The van der Waals surface area contributed by atoms with Gasteiger partial charge >= 0.3 is 0 Å². The van der Waals surface area contributed by atoms with Crippen molar-refractivity contribution in [1.29, 1.82) is 0 Å². The molecule has 0 aliphatic heterocycles. The van der Waals surface area contributed by atoms with E-state index in [1.165, 1.54) is 11.3 Å². The summed E-state index contributed by atoms with van der Waals surface area (Å²) in [5.41, 5.74) is 1.66. The summed E-state index contributed by atoms with van der Waals surface area (Å²) in [6.45, 7) is -0.190. The number of hydrogen-bond donors (Lipinski definition) is 1. The van der Waals surface area contributed by atoms with Crippen LogP contribution in [0.2, 0.25) is 10.0 Å². The SMILES string of the molecule is COc1ccc(-c2csc(NC(=O)COc3ccc(Cl)cc3Cl)n2)cc1Br. The molecule has 3 rings (SSSR count). The van der Waals surface area contributed by atoms with Crippen molar-refractivity contribution in [3.05, 3.63) is 56.3 Å². The second kappa shape index (κ2) is 8.93. The Labute approximate surface area is 178 Å². The van der Waals surface area contributed by atoms with E-state index in [9.17, 15) is 4.79 Å². The van der Waals surface area contributed by atoms with Crippen LogP contribution in [0.1, 0.15) is 0 Å². The van der Waals surface area contributed by atoms with Gasteiger partial charge in [0.1, 0.15) is 11.5 Å². The number of anilines is 1. The molecular formula is C18H13BrCl2N2O3S. The molecule has 9 heteroatoms. The first-order chi connectivity index (χ1) is 13.0. The summed E-state index contributed by atoms with van der Waals surface area (Å²) in [5, 5.41) is 5.89. The normalized spacial score (nSPS) is 10.5. The number of nitrogens with zero attached hydrogens (tertiary/aromatic N) is 1. The highest BCUT2D eigenvalue weighted by atomic mass is 79.9. The monoisotopic (exact) mass is 486 g/mol. The molecule has 0 aliphatic rings. The first kappa shape index (κ1) is 19.9. The van der Waals surface area contributed by atoms with E-state index in [-0.39, 0.29) is 12.5 Å². The maximum Gasteiger partial charge on any atom is 0.264 e. The van der Waals surface area contributed by atoms with Crippen molar-refractivity contribution in [2.45, 2.75) is 0 Å².